The molecule has 0 unspecified atom stereocenters. The molecule has 0 aliphatic rings. The van der Waals surface area contributed by atoms with Crippen molar-refractivity contribution in [1.82, 2.24) is 9.97 Å². The van der Waals surface area contributed by atoms with E-state index in [2.05, 4.69) is 60.3 Å². The number of hydrogen-bond acceptors (Lipinski definition) is 4. The molecule has 1 heterocycles. The van der Waals surface area contributed by atoms with Crippen LogP contribution in [0.5, 0.6) is 0 Å². The van der Waals surface area contributed by atoms with Crippen LogP contribution in [0, 0.1) is 0 Å². The second-order valence-electron chi connectivity index (χ2n) is 6.75. The molecule has 3 rings (SSSR count). The third kappa shape index (κ3) is 2.97. The second-order valence-corrected chi connectivity index (χ2v) is 6.75. The molecule has 0 radical (unpaired) electrons. The van der Waals surface area contributed by atoms with Crippen molar-refractivity contribution in [1.29, 1.82) is 0 Å². The summed E-state index contributed by atoms with van der Waals surface area (Å²) >= 11 is 0. The second kappa shape index (κ2) is 5.54. The number of anilines is 2. The van der Waals surface area contributed by atoms with E-state index in [0.29, 0.717) is 11.5 Å². The summed E-state index contributed by atoms with van der Waals surface area (Å²) in [6, 6.07) is 14.1. The summed E-state index contributed by atoms with van der Waals surface area (Å²) in [5.74, 6) is 1.51. The molecule has 0 aliphatic heterocycles. The van der Waals surface area contributed by atoms with Gasteiger partial charge in [0.2, 0.25) is 0 Å². The molecule has 0 amide bonds. The van der Waals surface area contributed by atoms with Crippen molar-refractivity contribution in [2.24, 2.45) is 0 Å². The number of aromatic nitrogens is 2. The highest BCUT2D eigenvalue weighted by atomic mass is 15.0. The summed E-state index contributed by atoms with van der Waals surface area (Å²) < 4.78 is 0. The first kappa shape index (κ1) is 15.3. The van der Waals surface area contributed by atoms with E-state index in [0.717, 1.165) is 22.3 Å². The maximum Gasteiger partial charge on any atom is 0.162 e. The molecule has 0 atom stereocenters. The van der Waals surface area contributed by atoms with E-state index < -0.39 is 0 Å². The van der Waals surface area contributed by atoms with Gasteiger partial charge in [0, 0.05) is 23.7 Å². The standard InChI is InChI=1S/C19H22N4/c1-19(2,3)13-7-5-12(6-8-13)17-22-16-11-14(20)9-10-15(16)18(21-4)23-17/h5-11H,20H2,1-4H3,(H,21,22,23). The largest absolute Gasteiger partial charge is 0.399 e. The number of hydrogen-bond donors (Lipinski definition) is 2. The average Bonchev–Trinajstić information content (AvgIpc) is 2.52. The van der Waals surface area contributed by atoms with Gasteiger partial charge >= 0.3 is 0 Å². The van der Waals surface area contributed by atoms with Gasteiger partial charge < -0.3 is 11.1 Å². The van der Waals surface area contributed by atoms with Crippen LogP contribution in [0.4, 0.5) is 11.5 Å². The minimum Gasteiger partial charge on any atom is -0.399 e. The van der Waals surface area contributed by atoms with E-state index in [-0.39, 0.29) is 5.41 Å². The molecule has 3 N–H and O–H groups in total. The van der Waals surface area contributed by atoms with E-state index in [4.69, 9.17) is 5.73 Å². The Bertz CT molecular complexity index is 846. The third-order valence-electron chi connectivity index (χ3n) is 3.97. The molecule has 1 aromatic heterocycles. The normalized spacial score (nSPS) is 11.7. The molecule has 4 heteroatoms. The lowest BCUT2D eigenvalue weighted by molar-refractivity contribution is 0.590. The summed E-state index contributed by atoms with van der Waals surface area (Å²) in [6.07, 6.45) is 0. The molecule has 0 bridgehead atoms. The van der Waals surface area contributed by atoms with Gasteiger partial charge in [-0.1, -0.05) is 45.0 Å². The van der Waals surface area contributed by atoms with Crippen LogP contribution in [-0.4, -0.2) is 17.0 Å². The van der Waals surface area contributed by atoms with Crippen LogP contribution >= 0.6 is 0 Å². The lowest BCUT2D eigenvalue weighted by atomic mass is 9.87. The molecule has 0 spiro atoms. The molecule has 0 saturated heterocycles. The summed E-state index contributed by atoms with van der Waals surface area (Å²) in [7, 11) is 1.87. The highest BCUT2D eigenvalue weighted by Crippen LogP contribution is 2.28. The fraction of sp³-hybridized carbons (Fsp3) is 0.263. The van der Waals surface area contributed by atoms with Crippen LogP contribution in [0.2, 0.25) is 0 Å². The Morgan fingerprint density at radius 3 is 2.26 bits per heavy atom. The molecule has 0 aliphatic carbocycles. The van der Waals surface area contributed by atoms with Gasteiger partial charge in [-0.25, -0.2) is 9.97 Å². The quantitative estimate of drug-likeness (QED) is 0.696. The predicted octanol–water partition coefficient (Wildman–Crippen LogP) is 4.22. The van der Waals surface area contributed by atoms with Gasteiger partial charge in [0.15, 0.2) is 5.82 Å². The molecule has 3 aromatic rings. The van der Waals surface area contributed by atoms with Gasteiger partial charge in [0.1, 0.15) is 5.82 Å². The van der Waals surface area contributed by atoms with E-state index in [1.54, 1.807) is 0 Å². The van der Waals surface area contributed by atoms with Crippen LogP contribution in [0.25, 0.3) is 22.3 Å². The zero-order chi connectivity index (χ0) is 16.6. The Morgan fingerprint density at radius 2 is 1.65 bits per heavy atom. The fourth-order valence-corrected chi connectivity index (χ4v) is 2.59. The number of nitrogens with two attached hydrogens (primary N) is 1. The third-order valence-corrected chi connectivity index (χ3v) is 3.97. The van der Waals surface area contributed by atoms with Crippen LogP contribution in [0.15, 0.2) is 42.5 Å². The highest BCUT2D eigenvalue weighted by Gasteiger charge is 2.14. The van der Waals surface area contributed by atoms with Crippen molar-refractivity contribution in [2.75, 3.05) is 18.1 Å². The van der Waals surface area contributed by atoms with Crippen LogP contribution in [0.1, 0.15) is 26.3 Å². The SMILES string of the molecule is CNc1nc(-c2ccc(C(C)(C)C)cc2)nc2cc(N)ccc12. The molecular weight excluding hydrogens is 284 g/mol. The number of fused-ring (bicyclic) bond motifs is 1. The maximum absolute atomic E-state index is 5.89. The summed E-state index contributed by atoms with van der Waals surface area (Å²) in [5, 5.41) is 4.11. The fourth-order valence-electron chi connectivity index (χ4n) is 2.59. The van der Waals surface area contributed by atoms with Gasteiger partial charge in [-0.3, -0.25) is 0 Å². The van der Waals surface area contributed by atoms with E-state index >= 15 is 0 Å². The van der Waals surface area contributed by atoms with Crippen molar-refractivity contribution >= 4 is 22.4 Å². The number of nitrogens with zero attached hydrogens (tertiary/aromatic N) is 2. The van der Waals surface area contributed by atoms with Gasteiger partial charge in [0.25, 0.3) is 0 Å². The zero-order valence-corrected chi connectivity index (χ0v) is 14.0. The summed E-state index contributed by atoms with van der Waals surface area (Å²) in [5.41, 5.74) is 9.86. The van der Waals surface area contributed by atoms with Crippen molar-refractivity contribution in [3.8, 4) is 11.4 Å². The van der Waals surface area contributed by atoms with Crippen molar-refractivity contribution in [3.63, 3.8) is 0 Å². The lowest BCUT2D eigenvalue weighted by Gasteiger charge is -2.19. The Balaban J connectivity index is 2.12. The topological polar surface area (TPSA) is 63.8 Å². The number of rotatable bonds is 2. The zero-order valence-electron chi connectivity index (χ0n) is 14.0. The van der Waals surface area contributed by atoms with Gasteiger partial charge in [-0.05, 0) is 29.2 Å². The van der Waals surface area contributed by atoms with Crippen molar-refractivity contribution < 1.29 is 0 Å². The minimum absolute atomic E-state index is 0.132. The minimum atomic E-state index is 0.132. The molecule has 4 nitrogen and oxygen atoms in total. The molecule has 0 fully saturated rings. The average molecular weight is 306 g/mol. The van der Waals surface area contributed by atoms with Crippen molar-refractivity contribution in [2.45, 2.75) is 26.2 Å². The Labute approximate surface area is 136 Å². The van der Waals surface area contributed by atoms with E-state index in [1.807, 2.05) is 25.2 Å². The maximum atomic E-state index is 5.89. The van der Waals surface area contributed by atoms with E-state index in [1.165, 1.54) is 5.56 Å². The summed E-state index contributed by atoms with van der Waals surface area (Å²) in [4.78, 5) is 9.32. The molecule has 23 heavy (non-hydrogen) atoms. The van der Waals surface area contributed by atoms with Crippen LogP contribution in [-0.2, 0) is 5.41 Å². The number of nitrogens with one attached hydrogen (secondary N) is 1. The van der Waals surface area contributed by atoms with Crippen molar-refractivity contribution in [3.05, 3.63) is 48.0 Å². The Hall–Kier alpha value is -2.62. The monoisotopic (exact) mass is 306 g/mol. The number of nitrogen functional groups attached to an aromatic ring is 1. The van der Waals surface area contributed by atoms with Gasteiger partial charge in [-0.15, -0.1) is 0 Å². The number of benzene rings is 2. The van der Waals surface area contributed by atoms with Gasteiger partial charge in [0.05, 0.1) is 5.52 Å². The smallest absolute Gasteiger partial charge is 0.162 e. The summed E-state index contributed by atoms with van der Waals surface area (Å²) in [6.45, 7) is 6.61. The van der Waals surface area contributed by atoms with E-state index in [9.17, 15) is 0 Å². The molecular formula is C19H22N4. The Morgan fingerprint density at radius 1 is 0.957 bits per heavy atom. The lowest BCUT2D eigenvalue weighted by Crippen LogP contribution is -2.10. The van der Waals surface area contributed by atoms with Crippen LogP contribution in [0.3, 0.4) is 0 Å². The Kier molecular flexibility index (Phi) is 3.68. The first-order chi connectivity index (χ1) is 10.9. The predicted molar refractivity (Wildman–Crippen MR) is 97.6 cm³/mol. The molecule has 2 aromatic carbocycles. The molecule has 0 saturated carbocycles. The molecule has 118 valence electrons. The first-order valence-electron chi connectivity index (χ1n) is 7.74. The highest BCUT2D eigenvalue weighted by molar-refractivity contribution is 5.92. The first-order valence-corrected chi connectivity index (χ1v) is 7.74. The van der Waals surface area contributed by atoms with Crippen LogP contribution < -0.4 is 11.1 Å². The van der Waals surface area contributed by atoms with Gasteiger partial charge in [-0.2, -0.15) is 0 Å².